The number of ketones is 1. The van der Waals surface area contributed by atoms with Crippen LogP contribution in [0.4, 0.5) is 0 Å². The lowest BCUT2D eigenvalue weighted by Crippen LogP contribution is -2.01. The lowest BCUT2D eigenvalue weighted by Gasteiger charge is -1.94. The summed E-state index contributed by atoms with van der Waals surface area (Å²) in [6.07, 6.45) is 1.26. The van der Waals surface area contributed by atoms with Crippen LogP contribution < -0.4 is 0 Å². The fourth-order valence-corrected chi connectivity index (χ4v) is 0.729. The van der Waals surface area contributed by atoms with Gasteiger partial charge in [-0.1, -0.05) is 0 Å². The number of carbonyl (C=O) groups excluding carboxylic acids is 1. The first-order valence-electron chi connectivity index (χ1n) is 3.31. The number of carboxylic acids is 1. The highest BCUT2D eigenvalue weighted by Crippen LogP contribution is 2.00. The first-order chi connectivity index (χ1) is 5.61. The molecule has 0 spiro atoms. The van der Waals surface area contributed by atoms with Crippen LogP contribution in [-0.4, -0.2) is 21.8 Å². The number of hydrogen-bond acceptors (Lipinski definition) is 3. The van der Waals surface area contributed by atoms with Crippen LogP contribution in [0.25, 0.3) is 0 Å². The zero-order chi connectivity index (χ0) is 9.14. The Morgan fingerprint density at radius 1 is 1.42 bits per heavy atom. The average Bonchev–Trinajstić information content (AvgIpc) is 2.04. The number of carboxylic acid groups (broad SMARTS) is 1. The minimum absolute atomic E-state index is 0.0556. The molecular weight excluding hydrogens is 158 g/mol. The Morgan fingerprint density at radius 2 is 2.08 bits per heavy atom. The minimum atomic E-state index is -1.09. The second-order valence-corrected chi connectivity index (χ2v) is 2.29. The van der Waals surface area contributed by atoms with Crippen molar-refractivity contribution in [2.75, 3.05) is 0 Å². The van der Waals surface area contributed by atoms with Crippen LogP contribution >= 0.6 is 0 Å². The van der Waals surface area contributed by atoms with Crippen molar-refractivity contribution in [2.45, 2.75) is 6.92 Å². The number of aromatic nitrogens is 1. The molecule has 4 heteroatoms. The van der Waals surface area contributed by atoms with E-state index in [2.05, 4.69) is 4.98 Å². The molecule has 0 radical (unpaired) electrons. The Labute approximate surface area is 68.9 Å². The molecule has 1 aromatic rings. The average molecular weight is 165 g/mol. The summed E-state index contributed by atoms with van der Waals surface area (Å²) in [4.78, 5) is 24.7. The van der Waals surface area contributed by atoms with Gasteiger partial charge in [0.25, 0.3) is 0 Å². The van der Waals surface area contributed by atoms with E-state index in [9.17, 15) is 9.59 Å². The summed E-state index contributed by atoms with van der Waals surface area (Å²) < 4.78 is 0. The number of carbonyl (C=O) groups is 2. The second kappa shape index (κ2) is 3.13. The number of hydrogen-bond donors (Lipinski definition) is 1. The van der Waals surface area contributed by atoms with Crippen molar-refractivity contribution in [1.82, 2.24) is 4.98 Å². The normalized spacial score (nSPS) is 9.42. The van der Waals surface area contributed by atoms with Crippen molar-refractivity contribution in [3.05, 3.63) is 29.6 Å². The van der Waals surface area contributed by atoms with Crippen LogP contribution in [0, 0.1) is 0 Å². The third-order valence-corrected chi connectivity index (χ3v) is 1.39. The number of rotatable bonds is 2. The van der Waals surface area contributed by atoms with Gasteiger partial charge in [0, 0.05) is 11.8 Å². The quantitative estimate of drug-likeness (QED) is 0.663. The molecule has 0 aliphatic carbocycles. The molecule has 12 heavy (non-hydrogen) atoms. The van der Waals surface area contributed by atoms with Crippen molar-refractivity contribution in [3.8, 4) is 0 Å². The molecule has 0 amide bonds. The molecule has 0 aliphatic heterocycles. The highest BCUT2D eigenvalue weighted by Gasteiger charge is 2.04. The van der Waals surface area contributed by atoms with Gasteiger partial charge in [0.05, 0.1) is 0 Å². The predicted octanol–water partition coefficient (Wildman–Crippen LogP) is 0.982. The summed E-state index contributed by atoms with van der Waals surface area (Å²) in [5.41, 5.74) is 0.361. The number of nitrogens with zero attached hydrogens (tertiary/aromatic N) is 1. The van der Waals surface area contributed by atoms with Crippen LogP contribution in [0.5, 0.6) is 0 Å². The topological polar surface area (TPSA) is 67.3 Å². The molecule has 0 atom stereocenters. The van der Waals surface area contributed by atoms with E-state index in [1.54, 1.807) is 0 Å². The number of pyridine rings is 1. The van der Waals surface area contributed by atoms with Crippen LogP contribution in [0.2, 0.25) is 0 Å². The monoisotopic (exact) mass is 165 g/mol. The van der Waals surface area contributed by atoms with Crippen molar-refractivity contribution in [3.63, 3.8) is 0 Å². The standard InChI is InChI=1S/C8H7NO3/c1-5(10)6-2-3-7(8(11)12)9-4-6/h2-4H,1H3,(H,11,12). The van der Waals surface area contributed by atoms with Crippen LogP contribution in [0.3, 0.4) is 0 Å². The minimum Gasteiger partial charge on any atom is -0.477 e. The van der Waals surface area contributed by atoms with Gasteiger partial charge in [0.15, 0.2) is 5.78 Å². The molecule has 0 unspecified atom stereocenters. The Morgan fingerprint density at radius 3 is 2.42 bits per heavy atom. The molecule has 0 saturated carbocycles. The molecular formula is C8H7NO3. The first kappa shape index (κ1) is 8.39. The van der Waals surface area contributed by atoms with Crippen molar-refractivity contribution in [1.29, 1.82) is 0 Å². The highest BCUT2D eigenvalue weighted by atomic mass is 16.4. The lowest BCUT2D eigenvalue weighted by atomic mass is 10.2. The number of Topliss-reactive ketones (excluding diaryl/α,β-unsaturated/α-hetero) is 1. The van der Waals surface area contributed by atoms with E-state index in [4.69, 9.17) is 5.11 Å². The molecule has 1 heterocycles. The van der Waals surface area contributed by atoms with Gasteiger partial charge in [-0.05, 0) is 19.1 Å². The van der Waals surface area contributed by atoms with Crippen LogP contribution in [0.1, 0.15) is 27.8 Å². The van der Waals surface area contributed by atoms with Gasteiger partial charge in [-0.2, -0.15) is 0 Å². The van der Waals surface area contributed by atoms with Crippen LogP contribution in [0.15, 0.2) is 18.3 Å². The fraction of sp³-hybridized carbons (Fsp3) is 0.125. The summed E-state index contributed by atoms with van der Waals surface area (Å²) >= 11 is 0. The molecule has 1 N–H and O–H groups in total. The molecule has 4 nitrogen and oxygen atoms in total. The Balaban J connectivity index is 3.01. The maximum absolute atomic E-state index is 10.7. The molecule has 0 bridgehead atoms. The van der Waals surface area contributed by atoms with Gasteiger partial charge < -0.3 is 5.11 Å². The molecule has 0 aliphatic rings. The second-order valence-electron chi connectivity index (χ2n) is 2.29. The first-order valence-corrected chi connectivity index (χ1v) is 3.31. The van der Waals surface area contributed by atoms with Crippen molar-refractivity contribution >= 4 is 11.8 Å². The molecule has 0 fully saturated rings. The van der Waals surface area contributed by atoms with E-state index in [1.807, 2.05) is 0 Å². The summed E-state index contributed by atoms with van der Waals surface area (Å²) in [6.45, 7) is 1.40. The molecule has 1 aromatic heterocycles. The van der Waals surface area contributed by atoms with Crippen molar-refractivity contribution < 1.29 is 14.7 Å². The summed E-state index contributed by atoms with van der Waals surface area (Å²) in [6, 6.07) is 2.75. The van der Waals surface area contributed by atoms with Crippen LogP contribution in [-0.2, 0) is 0 Å². The molecule has 62 valence electrons. The maximum atomic E-state index is 10.7. The zero-order valence-corrected chi connectivity index (χ0v) is 6.44. The van der Waals surface area contributed by atoms with E-state index >= 15 is 0 Å². The number of aromatic carboxylic acids is 1. The van der Waals surface area contributed by atoms with Gasteiger partial charge in [0.2, 0.25) is 0 Å². The van der Waals surface area contributed by atoms with Gasteiger partial charge in [-0.3, -0.25) is 4.79 Å². The van der Waals surface area contributed by atoms with E-state index < -0.39 is 5.97 Å². The Bertz CT molecular complexity index is 283. The zero-order valence-electron chi connectivity index (χ0n) is 6.44. The highest BCUT2D eigenvalue weighted by molar-refractivity contribution is 5.94. The smallest absolute Gasteiger partial charge is 0.354 e. The van der Waals surface area contributed by atoms with Crippen molar-refractivity contribution in [2.24, 2.45) is 0 Å². The largest absolute Gasteiger partial charge is 0.477 e. The van der Waals surface area contributed by atoms with Gasteiger partial charge in [0.1, 0.15) is 5.69 Å². The lowest BCUT2D eigenvalue weighted by molar-refractivity contribution is 0.0690. The van der Waals surface area contributed by atoms with Gasteiger partial charge in [-0.25, -0.2) is 9.78 Å². The van der Waals surface area contributed by atoms with Gasteiger partial charge in [-0.15, -0.1) is 0 Å². The summed E-state index contributed by atoms with van der Waals surface area (Å²) in [5, 5.41) is 8.47. The summed E-state index contributed by atoms with van der Waals surface area (Å²) in [7, 11) is 0. The molecule has 1 rings (SSSR count). The predicted molar refractivity (Wildman–Crippen MR) is 41.2 cm³/mol. The third-order valence-electron chi connectivity index (χ3n) is 1.39. The summed E-state index contributed by atoms with van der Waals surface area (Å²) in [5.74, 6) is -1.22. The molecule has 0 aromatic carbocycles. The van der Waals surface area contributed by atoms with E-state index in [0.29, 0.717) is 5.56 Å². The molecule has 0 saturated heterocycles. The SMILES string of the molecule is CC(=O)c1ccc(C(=O)O)nc1. The van der Waals surface area contributed by atoms with E-state index in [1.165, 1.54) is 25.3 Å². The third kappa shape index (κ3) is 1.66. The van der Waals surface area contributed by atoms with E-state index in [-0.39, 0.29) is 11.5 Å². The maximum Gasteiger partial charge on any atom is 0.354 e. The van der Waals surface area contributed by atoms with E-state index in [0.717, 1.165) is 0 Å². The Kier molecular flexibility index (Phi) is 2.19. The fourth-order valence-electron chi connectivity index (χ4n) is 0.729. The Hall–Kier alpha value is -1.71. The van der Waals surface area contributed by atoms with Gasteiger partial charge >= 0.3 is 5.97 Å².